The molecule has 47 heavy (non-hydrogen) atoms. The fourth-order valence-corrected chi connectivity index (χ4v) is 11.6. The van der Waals surface area contributed by atoms with Gasteiger partial charge >= 0.3 is 59.5 Å². The molecule has 1 unspecified atom stereocenters. The molecule has 6 aliphatic rings. The summed E-state index contributed by atoms with van der Waals surface area (Å²) in [5.41, 5.74) is 10.2. The van der Waals surface area contributed by atoms with Gasteiger partial charge in [-0.05, 0) is 102 Å². The second-order valence-corrected chi connectivity index (χ2v) is 19.9. The predicted octanol–water partition coefficient (Wildman–Crippen LogP) is 6.55. The number of hydrogen-bond donors (Lipinski definition) is 0. The van der Waals surface area contributed by atoms with E-state index in [0.717, 1.165) is 17.8 Å². The van der Waals surface area contributed by atoms with Crippen molar-refractivity contribution in [2.45, 2.75) is 137 Å². The van der Waals surface area contributed by atoms with Crippen LogP contribution in [-0.2, 0) is 35.1 Å². The summed E-state index contributed by atoms with van der Waals surface area (Å²) in [4.78, 5) is 0. The third-order valence-electron chi connectivity index (χ3n) is 12.6. The Morgan fingerprint density at radius 2 is 1.32 bits per heavy atom. The summed E-state index contributed by atoms with van der Waals surface area (Å²) in [6.07, 6.45) is 18.9. The Morgan fingerprint density at radius 1 is 0.745 bits per heavy atom. The number of hydrogen-bond acceptors (Lipinski definition) is 0. The van der Waals surface area contributed by atoms with E-state index in [9.17, 15) is 0 Å². The van der Waals surface area contributed by atoms with Crippen LogP contribution in [0, 0.1) is 29.1 Å². The Balaban J connectivity index is 0.000000430. The molecule has 0 nitrogen and oxygen atoms in total. The molecule has 0 heterocycles. The third-order valence-corrected chi connectivity index (χ3v) is 13.8. The minimum absolute atomic E-state index is 0. The number of rotatable bonds is 2. The van der Waals surface area contributed by atoms with E-state index < -0.39 is 0 Å². The predicted molar refractivity (Wildman–Crippen MR) is 193 cm³/mol. The van der Waals surface area contributed by atoms with Crippen LogP contribution in [0.4, 0.5) is 0 Å². The van der Waals surface area contributed by atoms with Crippen molar-refractivity contribution >= 4 is 30.3 Å². The zero-order chi connectivity index (χ0) is 31.9. The van der Waals surface area contributed by atoms with E-state index >= 15 is 0 Å². The molecule has 1 atom stereocenters. The monoisotopic (exact) mass is 745 g/mol. The van der Waals surface area contributed by atoms with Gasteiger partial charge in [0.15, 0.2) is 0 Å². The molecule has 0 saturated heterocycles. The van der Waals surface area contributed by atoms with Crippen LogP contribution in [0.3, 0.4) is 0 Å². The summed E-state index contributed by atoms with van der Waals surface area (Å²) < 4.78 is 1.80. The van der Waals surface area contributed by atoms with Gasteiger partial charge < -0.3 is 24.8 Å². The van der Waals surface area contributed by atoms with Crippen molar-refractivity contribution in [3.8, 4) is 0 Å². The van der Waals surface area contributed by atoms with Crippen LogP contribution in [0.5, 0.6) is 0 Å². The van der Waals surface area contributed by atoms with Gasteiger partial charge in [-0.1, -0.05) is 83.9 Å². The first-order valence-corrected chi connectivity index (χ1v) is 19.6. The number of benzene rings is 2. The molecule has 0 spiro atoms. The van der Waals surface area contributed by atoms with Crippen molar-refractivity contribution in [2.75, 3.05) is 0 Å². The summed E-state index contributed by atoms with van der Waals surface area (Å²) in [5.74, 6) is 3.46. The van der Waals surface area contributed by atoms with Crippen molar-refractivity contribution in [3.05, 3.63) is 70.3 Å². The average molecular weight is 748 g/mol. The average Bonchev–Trinajstić information content (AvgIpc) is 3.47. The zero-order valence-electron chi connectivity index (χ0n) is 30.4. The molecule has 5 fully saturated rings. The maximum atomic E-state index is 2.72. The van der Waals surface area contributed by atoms with Crippen LogP contribution in [0.1, 0.15) is 143 Å². The summed E-state index contributed by atoms with van der Waals surface area (Å²) in [6, 6.07) is 14.7. The first-order chi connectivity index (χ1) is 21.2. The van der Waals surface area contributed by atoms with Gasteiger partial charge in [-0.15, -0.1) is 39.7 Å². The Bertz CT molecular complexity index is 1670. The Hall–Kier alpha value is -0.877. The van der Waals surface area contributed by atoms with Gasteiger partial charge in [-0.2, -0.15) is 0 Å². The summed E-state index contributed by atoms with van der Waals surface area (Å²) in [7, 11) is 0. The molecule has 252 valence electrons. The minimum atomic E-state index is 0. The molecular formula is C44H57Cl2Zr-. The van der Waals surface area contributed by atoms with Crippen LogP contribution in [-0.4, -0.2) is 3.21 Å². The summed E-state index contributed by atoms with van der Waals surface area (Å²) in [6.45, 7) is 19.1. The van der Waals surface area contributed by atoms with Crippen LogP contribution in [0.2, 0.25) is 0 Å². The SMILES string of the molecule is CC1=C(c2cc3c(cc2C(C)(C)C)[cH-]c2cc(C(C)(C)C)ccc23)C(C)C=C1C12CC3CC(CC(C3)C1)C2.[Cl-].[Cl-].[Zr+2]=[C]1CCCCC1. The second kappa shape index (κ2) is 13.7. The molecule has 0 aliphatic heterocycles. The molecule has 9 rings (SSSR count). The third kappa shape index (κ3) is 7.05. The second-order valence-electron chi connectivity index (χ2n) is 18.2. The van der Waals surface area contributed by atoms with Gasteiger partial charge in [0.2, 0.25) is 0 Å². The van der Waals surface area contributed by atoms with Gasteiger partial charge in [0.25, 0.3) is 0 Å². The molecule has 6 aliphatic carbocycles. The van der Waals surface area contributed by atoms with Gasteiger partial charge in [0, 0.05) is 5.92 Å². The van der Waals surface area contributed by atoms with Crippen molar-refractivity contribution in [1.82, 2.24) is 0 Å². The fraction of sp³-hybridized carbons (Fsp3) is 0.591. The van der Waals surface area contributed by atoms with Gasteiger partial charge in [-0.25, -0.2) is 0 Å². The summed E-state index contributed by atoms with van der Waals surface area (Å²) in [5, 5.41) is 5.63. The zero-order valence-corrected chi connectivity index (χ0v) is 34.4. The number of fused-ring (bicyclic) bond motifs is 3. The van der Waals surface area contributed by atoms with E-state index in [1.807, 2.05) is 0 Å². The van der Waals surface area contributed by atoms with Gasteiger partial charge in [0.05, 0.1) is 0 Å². The standard InChI is InChI=1S/C38H47.C6H10.2ClH.Zr/c1-22-11-33(38-19-24-12-25(20-38)14-26(13-24)21-38)23(2)35(22)32-18-31-28(17-34(32)37(6,7)8)15-27-16-29(36(3,4)5)9-10-30(27)31;1-2-4-6-5-3-1;;;/h9-11,15-18,22,24-26H,12-14,19-21H2,1-8H3;1-5H2;2*1H;/q-1;;;;+2/p-2. The first-order valence-electron chi connectivity index (χ1n) is 18.4. The van der Waals surface area contributed by atoms with Gasteiger partial charge in [0.1, 0.15) is 0 Å². The van der Waals surface area contributed by atoms with Crippen molar-refractivity contribution in [2.24, 2.45) is 29.1 Å². The maximum absolute atomic E-state index is 2.72. The molecule has 0 radical (unpaired) electrons. The Morgan fingerprint density at radius 3 is 1.83 bits per heavy atom. The Labute approximate surface area is 313 Å². The van der Waals surface area contributed by atoms with E-state index in [-0.39, 0.29) is 35.6 Å². The molecule has 3 aromatic rings. The quantitative estimate of drug-likeness (QED) is 0.261. The van der Waals surface area contributed by atoms with E-state index in [2.05, 4.69) is 97.9 Å². The van der Waals surface area contributed by atoms with Crippen LogP contribution < -0.4 is 24.8 Å². The first kappa shape index (κ1) is 37.4. The fourth-order valence-electron chi connectivity index (χ4n) is 10.8. The number of halogens is 2. The molecule has 5 saturated carbocycles. The van der Waals surface area contributed by atoms with Gasteiger partial charge in [-0.3, -0.25) is 0 Å². The number of allylic oxidation sites excluding steroid dienone is 4. The molecule has 0 N–H and O–H groups in total. The normalized spacial score (nSPS) is 28.6. The molecule has 0 amide bonds. The topological polar surface area (TPSA) is 0 Å². The van der Waals surface area contributed by atoms with E-state index in [1.54, 1.807) is 44.2 Å². The molecular weight excluding hydrogens is 691 g/mol. The van der Waals surface area contributed by atoms with E-state index in [1.165, 1.54) is 109 Å². The van der Waals surface area contributed by atoms with Crippen molar-refractivity contribution < 1.29 is 49.0 Å². The van der Waals surface area contributed by atoms with Crippen LogP contribution in [0.25, 0.3) is 27.1 Å². The van der Waals surface area contributed by atoms with Crippen molar-refractivity contribution in [3.63, 3.8) is 0 Å². The molecule has 3 aromatic carbocycles. The van der Waals surface area contributed by atoms with Crippen LogP contribution in [0.15, 0.2) is 53.6 Å². The van der Waals surface area contributed by atoms with Crippen LogP contribution >= 0.6 is 0 Å². The molecule has 0 aromatic heterocycles. The van der Waals surface area contributed by atoms with Crippen molar-refractivity contribution in [1.29, 1.82) is 0 Å². The van der Waals surface area contributed by atoms with E-state index in [0.29, 0.717) is 11.3 Å². The Kier molecular flexibility index (Phi) is 10.9. The molecule has 4 bridgehead atoms. The summed E-state index contributed by atoms with van der Waals surface area (Å²) >= 11 is 1.69. The van der Waals surface area contributed by atoms with E-state index in [4.69, 9.17) is 0 Å². The molecule has 3 heteroatoms.